The van der Waals surface area contributed by atoms with E-state index in [1.54, 1.807) is 0 Å². The van der Waals surface area contributed by atoms with Gasteiger partial charge in [0.05, 0.1) is 5.97 Å². The minimum absolute atomic E-state index is 0.119. The third-order valence-corrected chi connectivity index (χ3v) is 2.66. The molecule has 0 radical (unpaired) electrons. The predicted octanol–water partition coefficient (Wildman–Crippen LogP) is 2.71. The average molecular weight is 247 g/mol. The summed E-state index contributed by atoms with van der Waals surface area (Å²) in [5, 5.41) is 10.2. The molecule has 8 heteroatoms. The van der Waals surface area contributed by atoms with Crippen LogP contribution >= 0.6 is 10.2 Å². The molecule has 86 valence electrons. The van der Waals surface area contributed by atoms with Crippen LogP contribution < -0.4 is 5.11 Å². The Morgan fingerprint density at radius 1 is 1.13 bits per heavy atom. The zero-order valence-electron chi connectivity index (χ0n) is 6.92. The van der Waals surface area contributed by atoms with Crippen LogP contribution in [-0.4, -0.2) is 5.97 Å². The molecule has 2 nitrogen and oxygen atoms in total. The largest absolute Gasteiger partial charge is 0.545 e. The number of aromatic carboxylic acids is 1. The first-order valence-electron chi connectivity index (χ1n) is 3.46. The van der Waals surface area contributed by atoms with Gasteiger partial charge in [0.15, 0.2) is 0 Å². The smallest absolute Gasteiger partial charge is 0.310 e. The first kappa shape index (κ1) is 11.8. The van der Waals surface area contributed by atoms with Gasteiger partial charge in [0, 0.05) is 0 Å². The van der Waals surface area contributed by atoms with Gasteiger partial charge in [-0.3, -0.25) is 0 Å². The highest BCUT2D eigenvalue weighted by molar-refractivity contribution is 8.45. The topological polar surface area (TPSA) is 40.1 Å². The number of carboxylic acid groups (broad SMARTS) is 1. The minimum atomic E-state index is -9.80. The third kappa shape index (κ3) is 2.82. The number of rotatable bonds is 2. The molecule has 0 aromatic heterocycles. The van der Waals surface area contributed by atoms with E-state index in [0.717, 1.165) is 6.07 Å². The Hall–Kier alpha value is -1.31. The molecular formula is C7H4F5O2S-. The van der Waals surface area contributed by atoms with Crippen LogP contribution in [0.5, 0.6) is 0 Å². The van der Waals surface area contributed by atoms with Crippen LogP contribution in [0.4, 0.5) is 19.4 Å². The van der Waals surface area contributed by atoms with Crippen molar-refractivity contribution in [3.63, 3.8) is 0 Å². The maximum Gasteiger partial charge on any atom is 0.310 e. The van der Waals surface area contributed by atoms with Crippen molar-refractivity contribution < 1.29 is 29.3 Å². The molecule has 1 rings (SSSR count). The monoisotopic (exact) mass is 247 g/mol. The van der Waals surface area contributed by atoms with Crippen molar-refractivity contribution in [1.82, 2.24) is 0 Å². The zero-order chi connectivity index (χ0) is 12.0. The summed E-state index contributed by atoms with van der Waals surface area (Å²) >= 11 is 0. The Kier molecular flexibility index (Phi) is 1.91. The van der Waals surface area contributed by atoms with Gasteiger partial charge in [-0.15, -0.1) is 0 Å². The van der Waals surface area contributed by atoms with Gasteiger partial charge < -0.3 is 9.90 Å². The number of halogens is 5. The van der Waals surface area contributed by atoms with Crippen LogP contribution in [0.15, 0.2) is 29.2 Å². The van der Waals surface area contributed by atoms with Crippen molar-refractivity contribution in [2.45, 2.75) is 4.90 Å². The van der Waals surface area contributed by atoms with Crippen LogP contribution in [0, 0.1) is 0 Å². The van der Waals surface area contributed by atoms with E-state index in [9.17, 15) is 29.3 Å². The summed E-state index contributed by atoms with van der Waals surface area (Å²) in [6, 6.07) is 1.30. The Bertz CT molecular complexity index is 424. The lowest BCUT2D eigenvalue weighted by atomic mass is 10.2. The van der Waals surface area contributed by atoms with E-state index in [-0.39, 0.29) is 12.1 Å². The van der Waals surface area contributed by atoms with Crippen LogP contribution in [0.2, 0.25) is 0 Å². The fourth-order valence-electron chi connectivity index (χ4n) is 0.863. The van der Waals surface area contributed by atoms with Gasteiger partial charge in [-0.05, 0) is 17.7 Å². The molecular weight excluding hydrogens is 243 g/mol. The number of carbonyl (C=O) groups is 1. The van der Waals surface area contributed by atoms with Crippen molar-refractivity contribution >= 4 is 16.2 Å². The SMILES string of the molecule is O=C([O-])c1cccc(S(F)(F)(F)(F)F)c1. The molecule has 0 unspecified atom stereocenters. The zero-order valence-corrected chi connectivity index (χ0v) is 7.74. The van der Waals surface area contributed by atoms with Gasteiger partial charge >= 0.3 is 10.2 Å². The van der Waals surface area contributed by atoms with Crippen LogP contribution in [-0.2, 0) is 0 Å². The number of benzene rings is 1. The molecule has 0 bridgehead atoms. The third-order valence-electron chi connectivity index (χ3n) is 1.52. The lowest BCUT2D eigenvalue weighted by Gasteiger charge is -2.40. The summed E-state index contributed by atoms with van der Waals surface area (Å²) in [4.78, 5) is 7.94. The van der Waals surface area contributed by atoms with Gasteiger partial charge in [0.2, 0.25) is 0 Å². The van der Waals surface area contributed by atoms with E-state index < -0.39 is 26.7 Å². The maximum atomic E-state index is 12.2. The molecule has 0 heterocycles. The van der Waals surface area contributed by atoms with Gasteiger partial charge in [-0.25, -0.2) is 0 Å². The summed E-state index contributed by atoms with van der Waals surface area (Å²) in [5.74, 6) is -1.95. The molecule has 0 aliphatic carbocycles. The Balaban J connectivity index is 3.43. The van der Waals surface area contributed by atoms with Gasteiger partial charge in [0.25, 0.3) is 0 Å². The van der Waals surface area contributed by atoms with E-state index in [1.807, 2.05) is 0 Å². The molecule has 15 heavy (non-hydrogen) atoms. The van der Waals surface area contributed by atoms with Crippen molar-refractivity contribution in [2.24, 2.45) is 0 Å². The highest BCUT2D eigenvalue weighted by Crippen LogP contribution is 3.02. The summed E-state index contributed by atoms with van der Waals surface area (Å²) in [7, 11) is -9.80. The van der Waals surface area contributed by atoms with E-state index in [1.165, 1.54) is 0 Å². The molecule has 0 amide bonds. The van der Waals surface area contributed by atoms with Crippen LogP contribution in [0.3, 0.4) is 0 Å². The first-order valence-corrected chi connectivity index (χ1v) is 5.41. The molecule has 0 saturated carbocycles. The van der Waals surface area contributed by atoms with E-state index in [2.05, 4.69) is 0 Å². The molecule has 0 saturated heterocycles. The van der Waals surface area contributed by atoms with E-state index >= 15 is 0 Å². The second kappa shape index (κ2) is 2.43. The summed E-state index contributed by atoms with van der Waals surface area (Å²) < 4.78 is 60.9. The molecule has 0 atom stereocenters. The van der Waals surface area contributed by atoms with Gasteiger partial charge in [-0.2, -0.15) is 0 Å². The molecule has 0 aliphatic heterocycles. The van der Waals surface area contributed by atoms with E-state index in [0.29, 0.717) is 6.07 Å². The van der Waals surface area contributed by atoms with E-state index in [4.69, 9.17) is 0 Å². The van der Waals surface area contributed by atoms with Crippen LogP contribution in [0.25, 0.3) is 0 Å². The van der Waals surface area contributed by atoms with Gasteiger partial charge in [-0.1, -0.05) is 31.6 Å². The molecule has 0 N–H and O–H groups in total. The van der Waals surface area contributed by atoms with Gasteiger partial charge in [0.1, 0.15) is 4.90 Å². The fraction of sp³-hybridized carbons (Fsp3) is 0. The normalized spacial score (nSPS) is 16.6. The molecule has 0 aliphatic rings. The lowest BCUT2D eigenvalue weighted by molar-refractivity contribution is -0.255. The lowest BCUT2D eigenvalue weighted by Crippen LogP contribution is -2.22. The van der Waals surface area contributed by atoms with Crippen molar-refractivity contribution in [3.05, 3.63) is 29.8 Å². The Morgan fingerprint density at radius 3 is 2.07 bits per heavy atom. The molecule has 1 aromatic rings. The van der Waals surface area contributed by atoms with Crippen molar-refractivity contribution in [3.8, 4) is 0 Å². The Morgan fingerprint density at radius 2 is 1.67 bits per heavy atom. The molecule has 1 aromatic carbocycles. The summed E-state index contributed by atoms with van der Waals surface area (Å²) in [6.45, 7) is 0. The summed E-state index contributed by atoms with van der Waals surface area (Å²) in [5.41, 5.74) is -0.944. The number of hydrogen-bond acceptors (Lipinski definition) is 2. The highest BCUT2D eigenvalue weighted by atomic mass is 32.5. The maximum absolute atomic E-state index is 12.2. The standard InChI is InChI=1S/C7H5F5O2S/c8-15(9,10,11,12)6-3-1-2-5(4-6)7(13)14/h1-4H,(H,13,14)/p-1. The summed E-state index contributed by atoms with van der Waals surface area (Å²) in [6.07, 6.45) is 0. The number of carbonyl (C=O) groups excluding carboxylic acids is 1. The minimum Gasteiger partial charge on any atom is -0.545 e. The van der Waals surface area contributed by atoms with Crippen molar-refractivity contribution in [2.75, 3.05) is 0 Å². The number of carboxylic acids is 1. The first-order chi connectivity index (χ1) is 6.40. The quantitative estimate of drug-likeness (QED) is 0.754. The average Bonchev–Trinajstić information content (AvgIpc) is 2.00. The number of hydrogen-bond donors (Lipinski definition) is 0. The van der Waals surface area contributed by atoms with Crippen LogP contribution in [0.1, 0.15) is 10.4 Å². The molecule has 0 fully saturated rings. The second-order valence-corrected chi connectivity index (χ2v) is 5.19. The second-order valence-electron chi connectivity index (χ2n) is 2.78. The Labute approximate surface area is 81.1 Å². The molecule has 0 spiro atoms. The fourth-order valence-corrected chi connectivity index (χ4v) is 1.55. The predicted molar refractivity (Wildman–Crippen MR) is 42.2 cm³/mol. The van der Waals surface area contributed by atoms with Crippen molar-refractivity contribution in [1.29, 1.82) is 0 Å². The highest BCUT2D eigenvalue weighted by Gasteiger charge is 2.65.